The molecular weight excluding hydrogens is 379 g/mol. The first-order chi connectivity index (χ1) is 13.1. The lowest BCUT2D eigenvalue weighted by Gasteiger charge is -2.32. The number of hydrogen-bond acceptors (Lipinski definition) is 6. The molecular formula is C19H25BN2O5S. The van der Waals surface area contributed by atoms with Crippen molar-refractivity contribution in [3.8, 4) is 5.88 Å². The lowest BCUT2D eigenvalue weighted by Crippen LogP contribution is -2.41. The van der Waals surface area contributed by atoms with Gasteiger partial charge in [-0.15, -0.1) is 0 Å². The zero-order valence-corrected chi connectivity index (χ0v) is 17.5. The molecule has 0 saturated carbocycles. The number of benzene rings is 1. The Bertz CT molecular complexity index is 932. The Morgan fingerprint density at radius 1 is 1.11 bits per heavy atom. The first-order valence-corrected chi connectivity index (χ1v) is 10.6. The summed E-state index contributed by atoms with van der Waals surface area (Å²) in [7, 11) is -4.45. The third-order valence-corrected chi connectivity index (χ3v) is 6.36. The molecule has 0 radical (unpaired) electrons. The van der Waals surface area contributed by atoms with Crippen molar-refractivity contribution in [3.05, 3.63) is 42.6 Å². The van der Waals surface area contributed by atoms with Gasteiger partial charge in [-0.25, -0.2) is 13.4 Å². The summed E-state index contributed by atoms with van der Waals surface area (Å²) in [5, 5.41) is 0. The molecule has 0 aliphatic carbocycles. The molecule has 1 aromatic heterocycles. The summed E-state index contributed by atoms with van der Waals surface area (Å²) in [5.74, 6) is 0.197. The number of hydrogen-bond donors (Lipinski definition) is 1. The Hall–Kier alpha value is -2.10. The number of anilines is 1. The number of nitrogens with zero attached hydrogens (tertiary/aromatic N) is 1. The van der Waals surface area contributed by atoms with Crippen LogP contribution in [0.4, 0.5) is 5.69 Å². The first kappa shape index (κ1) is 20.6. The van der Waals surface area contributed by atoms with Gasteiger partial charge in [-0.3, -0.25) is 4.72 Å². The van der Waals surface area contributed by atoms with E-state index in [9.17, 15) is 8.42 Å². The van der Waals surface area contributed by atoms with Crippen LogP contribution in [0.15, 0.2) is 47.5 Å². The molecule has 1 saturated heterocycles. The number of rotatable bonds is 6. The lowest BCUT2D eigenvalue weighted by atomic mass is 9.80. The van der Waals surface area contributed by atoms with Gasteiger partial charge in [-0.1, -0.05) is 18.2 Å². The summed E-state index contributed by atoms with van der Waals surface area (Å²) in [5.41, 5.74) is -0.189. The Morgan fingerprint density at radius 2 is 1.71 bits per heavy atom. The molecule has 2 heterocycles. The van der Waals surface area contributed by atoms with Crippen LogP contribution in [0.2, 0.25) is 0 Å². The molecule has 7 nitrogen and oxygen atoms in total. The third kappa shape index (κ3) is 4.01. The van der Waals surface area contributed by atoms with Gasteiger partial charge in [-0.05, 0) is 52.8 Å². The fourth-order valence-corrected chi connectivity index (χ4v) is 3.77. The molecule has 28 heavy (non-hydrogen) atoms. The van der Waals surface area contributed by atoms with Gasteiger partial charge in [0.1, 0.15) is 5.69 Å². The Morgan fingerprint density at radius 3 is 2.29 bits per heavy atom. The van der Waals surface area contributed by atoms with Crippen molar-refractivity contribution in [2.24, 2.45) is 0 Å². The van der Waals surface area contributed by atoms with Crippen molar-refractivity contribution < 1.29 is 22.5 Å². The maximum atomic E-state index is 12.7. The van der Waals surface area contributed by atoms with E-state index in [0.29, 0.717) is 12.1 Å². The van der Waals surface area contributed by atoms with Gasteiger partial charge in [0, 0.05) is 11.7 Å². The SMILES string of the molecule is CCOc1ncc(B2OC(C)(C)C(C)(C)O2)cc1NS(=O)(=O)c1ccccc1. The molecule has 3 rings (SSSR count). The van der Waals surface area contributed by atoms with Crippen LogP contribution in [0.25, 0.3) is 0 Å². The van der Waals surface area contributed by atoms with Gasteiger partial charge in [0.05, 0.1) is 22.7 Å². The van der Waals surface area contributed by atoms with Crippen molar-refractivity contribution in [2.75, 3.05) is 11.3 Å². The largest absolute Gasteiger partial charge is 0.496 e. The minimum absolute atomic E-state index is 0.151. The van der Waals surface area contributed by atoms with E-state index in [-0.39, 0.29) is 16.5 Å². The highest BCUT2D eigenvalue weighted by Gasteiger charge is 2.52. The van der Waals surface area contributed by atoms with Crippen LogP contribution in [-0.4, -0.2) is 38.3 Å². The Balaban J connectivity index is 1.95. The second kappa shape index (κ2) is 7.38. The molecule has 0 unspecified atom stereocenters. The molecule has 0 atom stereocenters. The van der Waals surface area contributed by atoms with Gasteiger partial charge in [-0.2, -0.15) is 0 Å². The Kier molecular flexibility index (Phi) is 5.44. The van der Waals surface area contributed by atoms with Gasteiger partial charge >= 0.3 is 7.12 Å². The maximum Gasteiger partial charge on any atom is 0.496 e. The van der Waals surface area contributed by atoms with E-state index in [2.05, 4.69) is 9.71 Å². The monoisotopic (exact) mass is 404 g/mol. The summed E-state index contributed by atoms with van der Waals surface area (Å²) >= 11 is 0. The molecule has 1 fully saturated rings. The molecule has 1 N–H and O–H groups in total. The molecule has 2 aromatic rings. The highest BCUT2D eigenvalue weighted by Crippen LogP contribution is 2.37. The fraction of sp³-hybridized carbons (Fsp3) is 0.421. The standard InChI is InChI=1S/C19H25BN2O5S/c1-6-25-17-16(22-28(23,24)15-10-8-7-9-11-15)12-14(13-21-17)20-26-18(2,3)19(4,5)27-20/h7-13,22H,6H2,1-5H3. The van der Waals surface area contributed by atoms with E-state index in [0.717, 1.165) is 0 Å². The predicted octanol–water partition coefficient (Wildman–Crippen LogP) is 2.58. The molecule has 1 aliphatic rings. The second-order valence-corrected chi connectivity index (χ2v) is 9.24. The number of pyridine rings is 1. The van der Waals surface area contributed by atoms with Crippen LogP contribution in [0.1, 0.15) is 34.6 Å². The predicted molar refractivity (Wildman–Crippen MR) is 108 cm³/mol. The van der Waals surface area contributed by atoms with E-state index in [1.807, 2.05) is 27.7 Å². The van der Waals surface area contributed by atoms with Crippen LogP contribution >= 0.6 is 0 Å². The molecule has 9 heteroatoms. The molecule has 1 aliphatic heterocycles. The topological polar surface area (TPSA) is 86.8 Å². The maximum absolute atomic E-state index is 12.7. The van der Waals surface area contributed by atoms with Crippen molar-refractivity contribution in [1.82, 2.24) is 4.98 Å². The van der Waals surface area contributed by atoms with Crippen LogP contribution in [0, 0.1) is 0 Å². The van der Waals surface area contributed by atoms with Crippen LogP contribution in [-0.2, 0) is 19.3 Å². The number of aromatic nitrogens is 1. The minimum Gasteiger partial charge on any atom is -0.476 e. The van der Waals surface area contributed by atoms with E-state index in [1.165, 1.54) is 12.1 Å². The Labute approximate surface area is 166 Å². The fourth-order valence-electron chi connectivity index (χ4n) is 2.70. The number of nitrogens with one attached hydrogen (secondary N) is 1. The van der Waals surface area contributed by atoms with Gasteiger partial charge in [0.25, 0.3) is 10.0 Å². The normalized spacial score (nSPS) is 18.1. The molecule has 150 valence electrons. The van der Waals surface area contributed by atoms with Crippen LogP contribution < -0.4 is 14.9 Å². The van der Waals surface area contributed by atoms with Gasteiger partial charge < -0.3 is 14.0 Å². The minimum atomic E-state index is -3.79. The summed E-state index contributed by atoms with van der Waals surface area (Å²) in [6, 6.07) is 9.77. The summed E-state index contributed by atoms with van der Waals surface area (Å²) in [6.45, 7) is 9.96. The zero-order chi connectivity index (χ0) is 20.6. The highest BCUT2D eigenvalue weighted by molar-refractivity contribution is 7.92. The van der Waals surface area contributed by atoms with Gasteiger partial charge in [0.2, 0.25) is 5.88 Å². The molecule has 0 bridgehead atoms. The second-order valence-electron chi connectivity index (χ2n) is 7.56. The molecule has 0 spiro atoms. The zero-order valence-electron chi connectivity index (χ0n) is 16.7. The first-order valence-electron chi connectivity index (χ1n) is 9.12. The summed E-state index contributed by atoms with van der Waals surface area (Å²) in [4.78, 5) is 4.43. The van der Waals surface area contributed by atoms with E-state index >= 15 is 0 Å². The smallest absolute Gasteiger partial charge is 0.476 e. The van der Waals surface area contributed by atoms with E-state index in [1.54, 1.807) is 37.4 Å². The average molecular weight is 404 g/mol. The van der Waals surface area contributed by atoms with Crippen molar-refractivity contribution >= 4 is 28.3 Å². The molecule has 0 amide bonds. The quantitative estimate of drug-likeness (QED) is 0.745. The van der Waals surface area contributed by atoms with Crippen molar-refractivity contribution in [2.45, 2.75) is 50.7 Å². The van der Waals surface area contributed by atoms with E-state index in [4.69, 9.17) is 14.0 Å². The van der Waals surface area contributed by atoms with E-state index < -0.39 is 28.3 Å². The number of ether oxygens (including phenoxy) is 1. The van der Waals surface area contributed by atoms with Crippen molar-refractivity contribution in [3.63, 3.8) is 0 Å². The highest BCUT2D eigenvalue weighted by atomic mass is 32.2. The third-order valence-electron chi connectivity index (χ3n) is 4.98. The van der Waals surface area contributed by atoms with Crippen molar-refractivity contribution in [1.29, 1.82) is 0 Å². The van der Waals surface area contributed by atoms with Crippen LogP contribution in [0.5, 0.6) is 5.88 Å². The summed E-state index contributed by atoms with van der Waals surface area (Å²) in [6.07, 6.45) is 1.58. The lowest BCUT2D eigenvalue weighted by molar-refractivity contribution is 0.00578. The van der Waals surface area contributed by atoms with Gasteiger partial charge in [0.15, 0.2) is 0 Å². The van der Waals surface area contributed by atoms with Crippen LogP contribution in [0.3, 0.4) is 0 Å². The summed E-state index contributed by atoms with van der Waals surface area (Å²) < 4.78 is 45.6. The average Bonchev–Trinajstić information content (AvgIpc) is 2.85. The number of sulfonamides is 1. The molecule has 1 aromatic carbocycles.